The van der Waals surface area contributed by atoms with Gasteiger partial charge < -0.3 is 10.1 Å². The van der Waals surface area contributed by atoms with E-state index in [4.69, 9.17) is 4.74 Å². The van der Waals surface area contributed by atoms with Crippen LogP contribution in [-0.2, 0) is 11.3 Å². The van der Waals surface area contributed by atoms with Gasteiger partial charge in [-0.2, -0.15) is 0 Å². The first-order valence-electron chi connectivity index (χ1n) is 6.26. The molecule has 1 fully saturated rings. The molecule has 0 aliphatic carbocycles. The molecule has 17 heavy (non-hydrogen) atoms. The summed E-state index contributed by atoms with van der Waals surface area (Å²) in [4.78, 5) is 8.07. The van der Waals surface area contributed by atoms with Gasteiger partial charge in [-0.3, -0.25) is 4.90 Å². The van der Waals surface area contributed by atoms with E-state index in [0.29, 0.717) is 6.04 Å². The van der Waals surface area contributed by atoms with Gasteiger partial charge >= 0.3 is 0 Å². The number of thiazole rings is 1. The van der Waals surface area contributed by atoms with Gasteiger partial charge in [-0.15, -0.1) is 11.3 Å². The van der Waals surface area contributed by atoms with E-state index < -0.39 is 0 Å². The van der Waals surface area contributed by atoms with Crippen LogP contribution in [0.3, 0.4) is 0 Å². The zero-order valence-corrected chi connectivity index (χ0v) is 11.4. The van der Waals surface area contributed by atoms with E-state index in [0.717, 1.165) is 44.3 Å². The van der Waals surface area contributed by atoms with Gasteiger partial charge in [0.25, 0.3) is 0 Å². The summed E-state index contributed by atoms with van der Waals surface area (Å²) < 4.78 is 5.41. The maximum Gasteiger partial charge on any atom is 0.182 e. The minimum atomic E-state index is 0.573. The van der Waals surface area contributed by atoms with Crippen molar-refractivity contribution in [2.45, 2.75) is 32.4 Å². The normalized spacial score (nSPS) is 20.1. The quantitative estimate of drug-likeness (QED) is 0.845. The fourth-order valence-electron chi connectivity index (χ4n) is 1.94. The summed E-state index contributed by atoms with van der Waals surface area (Å²) in [5.41, 5.74) is 0. The molecule has 0 radical (unpaired) electrons. The van der Waals surface area contributed by atoms with E-state index in [9.17, 15) is 0 Å². The van der Waals surface area contributed by atoms with Crippen molar-refractivity contribution in [2.24, 2.45) is 0 Å². The molecule has 0 bridgehead atoms. The van der Waals surface area contributed by atoms with Crippen molar-refractivity contribution in [2.75, 3.05) is 32.1 Å². The van der Waals surface area contributed by atoms with E-state index in [1.165, 1.54) is 4.88 Å². The first kappa shape index (κ1) is 12.8. The number of hydrogen-bond donors (Lipinski definition) is 1. The Morgan fingerprint density at radius 3 is 3.24 bits per heavy atom. The molecule has 0 amide bonds. The van der Waals surface area contributed by atoms with Crippen LogP contribution in [0, 0.1) is 0 Å². The highest BCUT2D eigenvalue weighted by atomic mass is 32.1. The maximum absolute atomic E-state index is 5.41. The van der Waals surface area contributed by atoms with Gasteiger partial charge in [-0.25, -0.2) is 4.98 Å². The Kier molecular flexibility index (Phi) is 4.76. The molecule has 1 unspecified atom stereocenters. The monoisotopic (exact) mass is 255 g/mol. The van der Waals surface area contributed by atoms with E-state index in [1.54, 1.807) is 11.3 Å². The molecule has 0 aromatic carbocycles. The van der Waals surface area contributed by atoms with E-state index in [-0.39, 0.29) is 0 Å². The van der Waals surface area contributed by atoms with Crippen molar-refractivity contribution in [3.05, 3.63) is 11.1 Å². The summed E-state index contributed by atoms with van der Waals surface area (Å²) in [7, 11) is 2.16. The lowest BCUT2D eigenvalue weighted by molar-refractivity contribution is 0.157. The average Bonchev–Trinajstić information content (AvgIpc) is 2.97. The van der Waals surface area contributed by atoms with Crippen molar-refractivity contribution in [3.63, 3.8) is 0 Å². The second-order valence-electron chi connectivity index (χ2n) is 4.49. The van der Waals surface area contributed by atoms with Gasteiger partial charge in [-0.05, 0) is 19.9 Å². The minimum absolute atomic E-state index is 0.573. The number of likely N-dealkylation sites (N-methyl/N-ethyl adjacent to an activating group) is 1. The molecular weight excluding hydrogens is 234 g/mol. The Labute approximate surface area is 107 Å². The predicted octanol–water partition coefficient (Wildman–Crippen LogP) is 2.19. The average molecular weight is 255 g/mol. The number of nitrogens with zero attached hydrogens (tertiary/aromatic N) is 2. The van der Waals surface area contributed by atoms with Crippen molar-refractivity contribution >= 4 is 16.5 Å². The van der Waals surface area contributed by atoms with E-state index >= 15 is 0 Å². The van der Waals surface area contributed by atoms with Gasteiger partial charge in [-0.1, -0.05) is 6.92 Å². The lowest BCUT2D eigenvalue weighted by Gasteiger charge is -2.21. The molecule has 0 spiro atoms. The summed E-state index contributed by atoms with van der Waals surface area (Å²) in [5, 5.41) is 4.36. The summed E-state index contributed by atoms with van der Waals surface area (Å²) in [5.74, 6) is 0. The highest BCUT2D eigenvalue weighted by Crippen LogP contribution is 2.21. The molecule has 1 aliphatic heterocycles. The smallest absolute Gasteiger partial charge is 0.182 e. The highest BCUT2D eigenvalue weighted by Gasteiger charge is 2.20. The van der Waals surface area contributed by atoms with Crippen LogP contribution in [0.1, 0.15) is 24.6 Å². The molecular formula is C12H21N3OS. The third-order valence-electron chi connectivity index (χ3n) is 3.01. The third-order valence-corrected chi connectivity index (χ3v) is 3.95. The predicted molar refractivity (Wildman–Crippen MR) is 71.6 cm³/mol. The van der Waals surface area contributed by atoms with Gasteiger partial charge in [0.05, 0.1) is 6.61 Å². The highest BCUT2D eigenvalue weighted by molar-refractivity contribution is 7.15. The van der Waals surface area contributed by atoms with Crippen molar-refractivity contribution in [1.29, 1.82) is 0 Å². The fourth-order valence-corrected chi connectivity index (χ4v) is 2.84. The number of nitrogens with one attached hydrogen (secondary N) is 1. The molecule has 1 saturated heterocycles. The van der Waals surface area contributed by atoms with E-state index in [2.05, 4.69) is 29.2 Å². The SMILES string of the molecule is CCCNc1ncc(CN(C)C2CCOC2)s1. The minimum Gasteiger partial charge on any atom is -0.380 e. The number of aromatic nitrogens is 1. The second-order valence-corrected chi connectivity index (χ2v) is 5.61. The summed E-state index contributed by atoms with van der Waals surface area (Å²) in [6.45, 7) is 5.91. The molecule has 1 atom stereocenters. The molecule has 0 saturated carbocycles. The molecule has 4 nitrogen and oxygen atoms in total. The molecule has 1 aromatic rings. The Morgan fingerprint density at radius 1 is 1.65 bits per heavy atom. The van der Waals surface area contributed by atoms with E-state index in [1.807, 2.05) is 6.20 Å². The van der Waals surface area contributed by atoms with Crippen molar-refractivity contribution in [1.82, 2.24) is 9.88 Å². The van der Waals surface area contributed by atoms with Crippen LogP contribution in [0.15, 0.2) is 6.20 Å². The molecule has 5 heteroatoms. The number of rotatable bonds is 6. The number of ether oxygens (including phenoxy) is 1. The number of anilines is 1. The Morgan fingerprint density at radius 2 is 2.53 bits per heavy atom. The van der Waals surface area contributed by atoms with Gasteiger partial charge in [0, 0.05) is 36.8 Å². The topological polar surface area (TPSA) is 37.4 Å². The first-order valence-corrected chi connectivity index (χ1v) is 7.07. The molecule has 2 rings (SSSR count). The van der Waals surface area contributed by atoms with Crippen LogP contribution in [-0.4, -0.2) is 42.7 Å². The molecule has 2 heterocycles. The van der Waals surface area contributed by atoms with Gasteiger partial charge in [0.15, 0.2) is 5.13 Å². The van der Waals surface area contributed by atoms with Crippen LogP contribution < -0.4 is 5.32 Å². The molecule has 1 aromatic heterocycles. The van der Waals surface area contributed by atoms with Crippen LogP contribution >= 0.6 is 11.3 Å². The Bertz CT molecular complexity index is 336. The third kappa shape index (κ3) is 3.66. The van der Waals surface area contributed by atoms with Crippen molar-refractivity contribution in [3.8, 4) is 0 Å². The lowest BCUT2D eigenvalue weighted by atomic mass is 10.2. The Balaban J connectivity index is 1.83. The largest absolute Gasteiger partial charge is 0.380 e. The van der Waals surface area contributed by atoms with Crippen LogP contribution in [0.25, 0.3) is 0 Å². The molecule has 1 aliphatic rings. The summed E-state index contributed by atoms with van der Waals surface area (Å²) >= 11 is 1.76. The maximum atomic E-state index is 5.41. The zero-order chi connectivity index (χ0) is 12.1. The van der Waals surface area contributed by atoms with Crippen LogP contribution in [0.4, 0.5) is 5.13 Å². The van der Waals surface area contributed by atoms with Crippen molar-refractivity contribution < 1.29 is 4.74 Å². The fraction of sp³-hybridized carbons (Fsp3) is 0.750. The molecule has 1 N–H and O–H groups in total. The van der Waals surface area contributed by atoms with Gasteiger partial charge in [0.1, 0.15) is 0 Å². The first-order chi connectivity index (χ1) is 8.29. The van der Waals surface area contributed by atoms with Gasteiger partial charge in [0.2, 0.25) is 0 Å². The zero-order valence-electron chi connectivity index (χ0n) is 10.6. The van der Waals surface area contributed by atoms with Crippen LogP contribution in [0.2, 0.25) is 0 Å². The summed E-state index contributed by atoms with van der Waals surface area (Å²) in [6, 6.07) is 0.573. The second kappa shape index (κ2) is 6.33. The standard InChI is InChI=1S/C12H21N3OS/c1-3-5-13-12-14-7-11(17-12)8-15(2)10-4-6-16-9-10/h7,10H,3-6,8-9H2,1-2H3,(H,13,14). The summed E-state index contributed by atoms with van der Waals surface area (Å²) in [6.07, 6.45) is 4.26. The lowest BCUT2D eigenvalue weighted by Crippen LogP contribution is -2.31. The number of hydrogen-bond acceptors (Lipinski definition) is 5. The molecule has 96 valence electrons. The Hall–Kier alpha value is -0.650. The van der Waals surface area contributed by atoms with Crippen LogP contribution in [0.5, 0.6) is 0 Å².